The summed E-state index contributed by atoms with van der Waals surface area (Å²) in [5.74, 6) is 0.479. The Hall–Kier alpha value is -2.08. The molecular formula is C15H15BrN2O3. The number of nitro benzene ring substituents is 1. The average molecular weight is 351 g/mol. The summed E-state index contributed by atoms with van der Waals surface area (Å²) < 4.78 is 6.08. The van der Waals surface area contributed by atoms with Crippen molar-refractivity contribution in [1.82, 2.24) is 0 Å². The van der Waals surface area contributed by atoms with Gasteiger partial charge in [-0.2, -0.15) is 0 Å². The molecule has 0 heterocycles. The number of methoxy groups -OCH3 is 1. The third-order valence-corrected chi connectivity index (χ3v) is 3.57. The van der Waals surface area contributed by atoms with Gasteiger partial charge in [0, 0.05) is 22.8 Å². The lowest BCUT2D eigenvalue weighted by atomic mass is 10.1. The molecule has 1 N–H and O–H groups in total. The van der Waals surface area contributed by atoms with Crippen molar-refractivity contribution in [2.45, 2.75) is 13.5 Å². The summed E-state index contributed by atoms with van der Waals surface area (Å²) in [7, 11) is 1.49. The molecule has 21 heavy (non-hydrogen) atoms. The summed E-state index contributed by atoms with van der Waals surface area (Å²) in [4.78, 5) is 10.5. The summed E-state index contributed by atoms with van der Waals surface area (Å²) in [5.41, 5.74) is 2.91. The van der Waals surface area contributed by atoms with E-state index in [1.807, 2.05) is 25.1 Å². The Balaban J connectivity index is 2.21. The Morgan fingerprint density at radius 2 is 2.05 bits per heavy atom. The van der Waals surface area contributed by atoms with Gasteiger partial charge in [0.05, 0.1) is 18.1 Å². The zero-order valence-electron chi connectivity index (χ0n) is 11.7. The van der Waals surface area contributed by atoms with Crippen LogP contribution >= 0.6 is 15.9 Å². The van der Waals surface area contributed by atoms with Crippen LogP contribution in [0.2, 0.25) is 0 Å². The van der Waals surface area contributed by atoms with Crippen molar-refractivity contribution in [2.24, 2.45) is 0 Å². The van der Waals surface area contributed by atoms with E-state index in [1.165, 1.54) is 13.2 Å². The lowest BCUT2D eigenvalue weighted by Crippen LogP contribution is -2.02. The number of nitrogens with one attached hydrogen (secondary N) is 1. The van der Waals surface area contributed by atoms with E-state index >= 15 is 0 Å². The Labute approximate surface area is 131 Å². The lowest BCUT2D eigenvalue weighted by Gasteiger charge is -2.11. The highest BCUT2D eigenvalue weighted by atomic mass is 79.9. The topological polar surface area (TPSA) is 64.4 Å². The minimum absolute atomic E-state index is 0.0251. The van der Waals surface area contributed by atoms with Crippen LogP contribution in [0, 0.1) is 17.0 Å². The number of nitro groups is 1. The maximum Gasteiger partial charge on any atom is 0.273 e. The quantitative estimate of drug-likeness (QED) is 0.645. The molecule has 6 heteroatoms. The molecule has 0 aliphatic heterocycles. The van der Waals surface area contributed by atoms with E-state index in [9.17, 15) is 10.1 Å². The van der Waals surface area contributed by atoms with Crippen LogP contribution in [0.25, 0.3) is 0 Å². The van der Waals surface area contributed by atoms with Gasteiger partial charge in [0.2, 0.25) is 0 Å². The van der Waals surface area contributed by atoms with Crippen molar-refractivity contribution in [3.05, 3.63) is 62.1 Å². The predicted molar refractivity (Wildman–Crippen MR) is 85.9 cm³/mol. The Morgan fingerprint density at radius 1 is 1.29 bits per heavy atom. The molecule has 0 aromatic heterocycles. The van der Waals surface area contributed by atoms with Gasteiger partial charge >= 0.3 is 0 Å². The van der Waals surface area contributed by atoms with Crippen molar-refractivity contribution >= 4 is 27.3 Å². The molecule has 2 rings (SSSR count). The summed E-state index contributed by atoms with van der Waals surface area (Å²) in [6.45, 7) is 2.48. The maximum absolute atomic E-state index is 10.9. The maximum atomic E-state index is 10.9. The molecule has 5 nitrogen and oxygen atoms in total. The van der Waals surface area contributed by atoms with Crippen molar-refractivity contribution in [3.8, 4) is 5.75 Å². The molecule has 0 saturated heterocycles. The van der Waals surface area contributed by atoms with E-state index in [-0.39, 0.29) is 5.69 Å². The summed E-state index contributed by atoms with van der Waals surface area (Å²) in [6, 6.07) is 10.7. The number of non-ortho nitro benzene ring substituents is 1. The molecule has 0 unspecified atom stereocenters. The Kier molecular flexibility index (Phi) is 4.80. The first kappa shape index (κ1) is 15.3. The molecular weight excluding hydrogens is 336 g/mol. The number of ether oxygens (including phenoxy) is 1. The number of aryl methyl sites for hydroxylation is 1. The predicted octanol–water partition coefficient (Wildman–Crippen LogP) is 4.29. The van der Waals surface area contributed by atoms with E-state index in [0.29, 0.717) is 12.3 Å². The van der Waals surface area contributed by atoms with Crippen molar-refractivity contribution in [3.63, 3.8) is 0 Å². The monoisotopic (exact) mass is 350 g/mol. The highest BCUT2D eigenvalue weighted by Crippen LogP contribution is 2.25. The van der Waals surface area contributed by atoms with E-state index < -0.39 is 4.92 Å². The van der Waals surface area contributed by atoms with E-state index in [1.54, 1.807) is 12.1 Å². The molecule has 110 valence electrons. The normalized spacial score (nSPS) is 10.2. The standard InChI is InChI=1S/C15H15BrN2O3/c1-10-3-4-12(16)7-15(10)17-9-11-5-13(18(19)20)8-14(6-11)21-2/h3-8,17H,9H2,1-2H3. The number of halogens is 1. The fourth-order valence-corrected chi connectivity index (χ4v) is 2.31. The van der Waals surface area contributed by atoms with Gasteiger partial charge in [0.15, 0.2) is 0 Å². The van der Waals surface area contributed by atoms with E-state index in [0.717, 1.165) is 21.3 Å². The minimum atomic E-state index is -0.420. The first-order valence-corrected chi connectivity index (χ1v) is 7.11. The summed E-state index contributed by atoms with van der Waals surface area (Å²) >= 11 is 3.43. The van der Waals surface area contributed by atoms with Crippen LogP contribution in [0.4, 0.5) is 11.4 Å². The van der Waals surface area contributed by atoms with Gasteiger partial charge in [-0.1, -0.05) is 22.0 Å². The molecule has 2 aromatic rings. The second-order valence-corrected chi connectivity index (χ2v) is 5.52. The van der Waals surface area contributed by atoms with Gasteiger partial charge in [0.25, 0.3) is 5.69 Å². The zero-order chi connectivity index (χ0) is 15.4. The molecule has 0 spiro atoms. The largest absolute Gasteiger partial charge is 0.496 e. The van der Waals surface area contributed by atoms with Crippen LogP contribution in [0.1, 0.15) is 11.1 Å². The van der Waals surface area contributed by atoms with Crippen LogP contribution in [0.3, 0.4) is 0 Å². The number of rotatable bonds is 5. The molecule has 2 aromatic carbocycles. The third-order valence-electron chi connectivity index (χ3n) is 3.08. The van der Waals surface area contributed by atoms with Crippen LogP contribution in [-0.2, 0) is 6.54 Å². The highest BCUT2D eigenvalue weighted by Gasteiger charge is 2.10. The van der Waals surface area contributed by atoms with Crippen molar-refractivity contribution in [2.75, 3.05) is 12.4 Å². The zero-order valence-corrected chi connectivity index (χ0v) is 13.3. The molecule has 0 radical (unpaired) electrons. The Bertz CT molecular complexity index is 674. The molecule has 0 atom stereocenters. The molecule has 0 saturated carbocycles. The second-order valence-electron chi connectivity index (χ2n) is 4.61. The summed E-state index contributed by atoms with van der Waals surface area (Å²) in [5, 5.41) is 14.2. The van der Waals surface area contributed by atoms with Gasteiger partial charge in [-0.25, -0.2) is 0 Å². The number of hydrogen-bond acceptors (Lipinski definition) is 4. The summed E-state index contributed by atoms with van der Waals surface area (Å²) in [6.07, 6.45) is 0. The fourth-order valence-electron chi connectivity index (χ4n) is 1.95. The average Bonchev–Trinajstić information content (AvgIpc) is 2.47. The number of nitrogens with zero attached hydrogens (tertiary/aromatic N) is 1. The number of anilines is 1. The molecule has 0 bridgehead atoms. The molecule has 0 aliphatic carbocycles. The fraction of sp³-hybridized carbons (Fsp3) is 0.200. The van der Waals surface area contributed by atoms with Crippen molar-refractivity contribution in [1.29, 1.82) is 0 Å². The van der Waals surface area contributed by atoms with Gasteiger partial charge in [-0.15, -0.1) is 0 Å². The van der Waals surface area contributed by atoms with Crippen molar-refractivity contribution < 1.29 is 9.66 Å². The minimum Gasteiger partial charge on any atom is -0.496 e. The first-order valence-electron chi connectivity index (χ1n) is 6.32. The van der Waals surface area contributed by atoms with Gasteiger partial charge in [0.1, 0.15) is 5.75 Å². The second kappa shape index (κ2) is 6.58. The highest BCUT2D eigenvalue weighted by molar-refractivity contribution is 9.10. The third kappa shape index (κ3) is 3.95. The van der Waals surface area contributed by atoms with Crippen LogP contribution in [0.15, 0.2) is 40.9 Å². The van der Waals surface area contributed by atoms with Gasteiger partial charge in [-0.05, 0) is 36.2 Å². The molecule has 0 aliphatic rings. The molecule has 0 amide bonds. The van der Waals surface area contributed by atoms with Crippen LogP contribution in [-0.4, -0.2) is 12.0 Å². The van der Waals surface area contributed by atoms with Crippen LogP contribution < -0.4 is 10.1 Å². The van der Waals surface area contributed by atoms with E-state index in [2.05, 4.69) is 21.2 Å². The lowest BCUT2D eigenvalue weighted by molar-refractivity contribution is -0.385. The molecule has 0 fully saturated rings. The number of benzene rings is 2. The smallest absolute Gasteiger partial charge is 0.273 e. The first-order chi connectivity index (χ1) is 9.99. The number of hydrogen-bond donors (Lipinski definition) is 1. The van der Waals surface area contributed by atoms with Gasteiger partial charge < -0.3 is 10.1 Å². The van der Waals surface area contributed by atoms with Gasteiger partial charge in [-0.3, -0.25) is 10.1 Å². The van der Waals surface area contributed by atoms with E-state index in [4.69, 9.17) is 4.74 Å². The SMILES string of the molecule is COc1cc(CNc2cc(Br)ccc2C)cc([N+](=O)[O-])c1. The van der Waals surface area contributed by atoms with Crippen LogP contribution in [0.5, 0.6) is 5.75 Å². The Morgan fingerprint density at radius 3 is 2.71 bits per heavy atom.